The summed E-state index contributed by atoms with van der Waals surface area (Å²) in [6.07, 6.45) is 10.2. The van der Waals surface area contributed by atoms with Crippen LogP contribution in [-0.2, 0) is 18.3 Å². The molecule has 0 unspecified atom stereocenters. The summed E-state index contributed by atoms with van der Waals surface area (Å²) in [7, 11) is 1.92. The minimum Gasteiger partial charge on any atom is -0.334 e. The smallest absolute Gasteiger partial charge is 0.223 e. The Kier molecular flexibility index (Phi) is 4.18. The average Bonchev–Trinajstić information content (AvgIpc) is 3.15. The third-order valence-electron chi connectivity index (χ3n) is 4.44. The Morgan fingerprint density at radius 1 is 1.36 bits per heavy atom. The third kappa shape index (κ3) is 2.86. The first-order valence-electron chi connectivity index (χ1n) is 7.69. The fourth-order valence-electron chi connectivity index (χ4n) is 3.03. The van der Waals surface area contributed by atoms with Crippen molar-refractivity contribution in [3.05, 3.63) is 41.7 Å². The van der Waals surface area contributed by atoms with Crippen LogP contribution in [0.25, 0.3) is 0 Å². The second kappa shape index (κ2) is 6.25. The number of rotatable bonds is 4. The van der Waals surface area contributed by atoms with Gasteiger partial charge in [-0.2, -0.15) is 5.10 Å². The standard InChI is InChI=1S/C16H21N5O/c1-12-13(10-19-20(12)2)5-6-16(22)21-9-3-4-15(21)14-11-17-7-8-18-14/h7-8,10-11,15H,3-6,9H2,1-2H3/t15-/m0/s1. The average molecular weight is 299 g/mol. The van der Waals surface area contributed by atoms with Crippen molar-refractivity contribution < 1.29 is 4.79 Å². The molecule has 0 aromatic carbocycles. The van der Waals surface area contributed by atoms with Gasteiger partial charge in [0.15, 0.2) is 0 Å². The summed E-state index contributed by atoms with van der Waals surface area (Å²) in [4.78, 5) is 23.0. The van der Waals surface area contributed by atoms with Gasteiger partial charge in [-0.3, -0.25) is 19.4 Å². The van der Waals surface area contributed by atoms with Crippen LogP contribution in [0, 0.1) is 6.92 Å². The summed E-state index contributed by atoms with van der Waals surface area (Å²) >= 11 is 0. The molecule has 116 valence electrons. The lowest BCUT2D eigenvalue weighted by Crippen LogP contribution is -2.31. The summed E-state index contributed by atoms with van der Waals surface area (Å²) in [6.45, 7) is 2.84. The van der Waals surface area contributed by atoms with E-state index in [1.165, 1.54) is 0 Å². The molecule has 3 rings (SSSR count). The third-order valence-corrected chi connectivity index (χ3v) is 4.44. The minimum absolute atomic E-state index is 0.0798. The molecule has 0 bridgehead atoms. The van der Waals surface area contributed by atoms with Crippen LogP contribution < -0.4 is 0 Å². The van der Waals surface area contributed by atoms with E-state index in [4.69, 9.17) is 0 Å². The van der Waals surface area contributed by atoms with E-state index in [2.05, 4.69) is 15.1 Å². The van der Waals surface area contributed by atoms with Gasteiger partial charge in [0.05, 0.1) is 24.1 Å². The Hall–Kier alpha value is -2.24. The van der Waals surface area contributed by atoms with E-state index < -0.39 is 0 Å². The highest BCUT2D eigenvalue weighted by atomic mass is 16.2. The first-order valence-corrected chi connectivity index (χ1v) is 7.69. The van der Waals surface area contributed by atoms with Crippen molar-refractivity contribution >= 4 is 5.91 Å². The Morgan fingerprint density at radius 2 is 2.23 bits per heavy atom. The zero-order valence-electron chi connectivity index (χ0n) is 13.1. The monoisotopic (exact) mass is 299 g/mol. The molecule has 6 nitrogen and oxygen atoms in total. The van der Waals surface area contributed by atoms with E-state index in [0.717, 1.165) is 42.8 Å². The lowest BCUT2D eigenvalue weighted by Gasteiger charge is -2.24. The minimum atomic E-state index is 0.0798. The second-order valence-electron chi connectivity index (χ2n) is 5.75. The predicted molar refractivity (Wildman–Crippen MR) is 82.0 cm³/mol. The predicted octanol–water partition coefficient (Wildman–Crippen LogP) is 1.81. The molecule has 0 N–H and O–H groups in total. The number of hydrogen-bond donors (Lipinski definition) is 0. The molecule has 22 heavy (non-hydrogen) atoms. The molecule has 0 aliphatic carbocycles. The van der Waals surface area contributed by atoms with E-state index >= 15 is 0 Å². The van der Waals surface area contributed by atoms with Crippen molar-refractivity contribution in [3.63, 3.8) is 0 Å². The topological polar surface area (TPSA) is 63.9 Å². The van der Waals surface area contributed by atoms with Gasteiger partial charge < -0.3 is 4.90 Å². The molecule has 3 heterocycles. The van der Waals surface area contributed by atoms with E-state index in [1.54, 1.807) is 18.6 Å². The van der Waals surface area contributed by atoms with Gasteiger partial charge in [0.2, 0.25) is 5.91 Å². The summed E-state index contributed by atoms with van der Waals surface area (Å²) in [5.74, 6) is 0.191. The fourth-order valence-corrected chi connectivity index (χ4v) is 3.03. The number of aromatic nitrogens is 4. The van der Waals surface area contributed by atoms with E-state index in [9.17, 15) is 4.79 Å². The summed E-state index contributed by atoms with van der Waals surface area (Å²) < 4.78 is 1.85. The molecule has 0 saturated carbocycles. The van der Waals surface area contributed by atoms with Gasteiger partial charge in [-0.05, 0) is 31.7 Å². The lowest BCUT2D eigenvalue weighted by molar-refractivity contribution is -0.132. The molecule has 1 aliphatic heterocycles. The van der Waals surface area contributed by atoms with Gasteiger partial charge in [-0.15, -0.1) is 0 Å². The zero-order chi connectivity index (χ0) is 15.5. The summed E-state index contributed by atoms with van der Waals surface area (Å²) in [6, 6.07) is 0.0798. The van der Waals surface area contributed by atoms with Crippen LogP contribution >= 0.6 is 0 Å². The van der Waals surface area contributed by atoms with Gasteiger partial charge in [0.1, 0.15) is 0 Å². The van der Waals surface area contributed by atoms with Gasteiger partial charge >= 0.3 is 0 Å². The highest BCUT2D eigenvalue weighted by Crippen LogP contribution is 2.30. The molecule has 1 atom stereocenters. The van der Waals surface area contributed by atoms with Gasteiger partial charge in [-0.25, -0.2) is 0 Å². The van der Waals surface area contributed by atoms with Crippen molar-refractivity contribution in [1.29, 1.82) is 0 Å². The molecule has 1 fully saturated rings. The Balaban J connectivity index is 1.65. The maximum Gasteiger partial charge on any atom is 0.223 e. The number of amides is 1. The van der Waals surface area contributed by atoms with Crippen molar-refractivity contribution in [2.45, 2.75) is 38.6 Å². The number of carbonyl (C=O) groups is 1. The Morgan fingerprint density at radius 3 is 2.91 bits per heavy atom. The van der Waals surface area contributed by atoms with Crippen molar-refractivity contribution in [3.8, 4) is 0 Å². The second-order valence-corrected chi connectivity index (χ2v) is 5.75. The van der Waals surface area contributed by atoms with E-state index in [-0.39, 0.29) is 11.9 Å². The molecule has 6 heteroatoms. The van der Waals surface area contributed by atoms with Gasteiger partial charge in [0, 0.05) is 38.1 Å². The molecular weight excluding hydrogens is 278 g/mol. The molecule has 1 amide bonds. The van der Waals surface area contributed by atoms with Crippen LogP contribution in [0.1, 0.15) is 42.3 Å². The maximum absolute atomic E-state index is 12.6. The summed E-state index contributed by atoms with van der Waals surface area (Å²) in [5, 5.41) is 4.23. The number of carbonyl (C=O) groups excluding carboxylic acids is 1. The zero-order valence-corrected chi connectivity index (χ0v) is 13.1. The first-order chi connectivity index (χ1) is 10.7. The van der Waals surface area contributed by atoms with Crippen molar-refractivity contribution in [2.75, 3.05) is 6.54 Å². The fraction of sp³-hybridized carbons (Fsp3) is 0.500. The van der Waals surface area contributed by atoms with Crippen LogP contribution in [0.2, 0.25) is 0 Å². The van der Waals surface area contributed by atoms with Crippen LogP contribution in [0.15, 0.2) is 24.8 Å². The molecule has 0 spiro atoms. The van der Waals surface area contributed by atoms with Crippen molar-refractivity contribution in [1.82, 2.24) is 24.6 Å². The van der Waals surface area contributed by atoms with Crippen molar-refractivity contribution in [2.24, 2.45) is 7.05 Å². The van der Waals surface area contributed by atoms with Crippen LogP contribution in [0.4, 0.5) is 0 Å². The Labute approximate surface area is 130 Å². The molecule has 0 radical (unpaired) electrons. The molecule has 2 aromatic heterocycles. The number of hydrogen-bond acceptors (Lipinski definition) is 4. The largest absolute Gasteiger partial charge is 0.334 e. The quantitative estimate of drug-likeness (QED) is 0.864. The van der Waals surface area contributed by atoms with Gasteiger partial charge in [-0.1, -0.05) is 0 Å². The Bertz CT molecular complexity index is 652. The normalized spacial score (nSPS) is 17.9. The van der Waals surface area contributed by atoms with Gasteiger partial charge in [0.25, 0.3) is 0 Å². The van der Waals surface area contributed by atoms with Crippen LogP contribution in [0.3, 0.4) is 0 Å². The molecule has 2 aromatic rings. The number of aryl methyl sites for hydroxylation is 2. The first kappa shape index (κ1) is 14.7. The molecule has 1 saturated heterocycles. The molecular formula is C16H21N5O. The summed E-state index contributed by atoms with van der Waals surface area (Å²) in [5.41, 5.74) is 3.16. The van der Waals surface area contributed by atoms with Crippen LogP contribution in [-0.4, -0.2) is 37.1 Å². The highest BCUT2D eigenvalue weighted by Gasteiger charge is 2.30. The maximum atomic E-state index is 12.6. The highest BCUT2D eigenvalue weighted by molar-refractivity contribution is 5.77. The molecule has 1 aliphatic rings. The SMILES string of the molecule is Cc1c(CCC(=O)N2CCC[C@H]2c2cnccn2)cnn1C. The number of likely N-dealkylation sites (tertiary alicyclic amines) is 1. The lowest BCUT2D eigenvalue weighted by atomic mass is 10.1. The number of nitrogens with zero attached hydrogens (tertiary/aromatic N) is 5. The van der Waals surface area contributed by atoms with E-state index in [0.29, 0.717) is 6.42 Å². The van der Waals surface area contributed by atoms with Crippen LogP contribution in [0.5, 0.6) is 0 Å². The van der Waals surface area contributed by atoms with E-state index in [1.807, 2.05) is 29.7 Å².